The SMILES string of the molecule is CCOC(=O)CSc1ccc(NC(=O)/C=C/C(=O)O)cc1. The summed E-state index contributed by atoms with van der Waals surface area (Å²) in [6, 6.07) is 6.83. The molecule has 0 atom stereocenters. The van der Waals surface area contributed by atoms with Crippen LogP contribution in [0.15, 0.2) is 41.3 Å². The van der Waals surface area contributed by atoms with E-state index >= 15 is 0 Å². The predicted octanol–water partition coefficient (Wildman–Crippen LogP) is 1.92. The third-order valence-corrected chi connectivity index (χ3v) is 3.15. The van der Waals surface area contributed by atoms with Crippen LogP contribution in [0.1, 0.15) is 6.92 Å². The maximum absolute atomic E-state index is 11.4. The summed E-state index contributed by atoms with van der Waals surface area (Å²) in [5.41, 5.74) is 0.538. The summed E-state index contributed by atoms with van der Waals surface area (Å²) in [6.07, 6.45) is 1.70. The molecule has 1 rings (SSSR count). The maximum atomic E-state index is 11.4. The van der Waals surface area contributed by atoms with Crippen LogP contribution in [-0.2, 0) is 19.1 Å². The van der Waals surface area contributed by atoms with Crippen molar-refractivity contribution in [1.29, 1.82) is 0 Å². The molecule has 0 saturated heterocycles. The zero-order valence-corrected chi connectivity index (χ0v) is 12.2. The van der Waals surface area contributed by atoms with Crippen LogP contribution in [0, 0.1) is 0 Å². The van der Waals surface area contributed by atoms with Crippen molar-refractivity contribution in [3.63, 3.8) is 0 Å². The number of rotatable bonds is 7. The first-order chi connectivity index (χ1) is 10.0. The fourth-order valence-electron chi connectivity index (χ4n) is 1.31. The summed E-state index contributed by atoms with van der Waals surface area (Å²) in [4.78, 5) is 33.7. The molecule has 0 aliphatic rings. The lowest BCUT2D eigenvalue weighted by atomic mass is 10.3. The molecule has 7 heteroatoms. The monoisotopic (exact) mass is 309 g/mol. The third kappa shape index (κ3) is 7.17. The maximum Gasteiger partial charge on any atom is 0.328 e. The van der Waals surface area contributed by atoms with Gasteiger partial charge in [0.15, 0.2) is 0 Å². The Morgan fingerprint density at radius 2 is 1.90 bits per heavy atom. The number of thioether (sulfide) groups is 1. The van der Waals surface area contributed by atoms with Gasteiger partial charge in [0.2, 0.25) is 5.91 Å². The van der Waals surface area contributed by atoms with Gasteiger partial charge in [-0.2, -0.15) is 0 Å². The number of aliphatic carboxylic acids is 1. The number of carboxylic acids is 1. The quantitative estimate of drug-likeness (QED) is 0.454. The molecule has 0 heterocycles. The Labute approximate surface area is 126 Å². The molecule has 1 amide bonds. The first-order valence-electron chi connectivity index (χ1n) is 6.11. The van der Waals surface area contributed by atoms with Gasteiger partial charge >= 0.3 is 11.9 Å². The summed E-state index contributed by atoms with van der Waals surface area (Å²) in [5, 5.41) is 10.9. The second-order valence-corrected chi connectivity index (χ2v) is 4.83. The molecule has 0 fully saturated rings. The Hall–Kier alpha value is -2.28. The summed E-state index contributed by atoms with van der Waals surface area (Å²) in [5.74, 6) is -1.76. The molecule has 0 aromatic heterocycles. The summed E-state index contributed by atoms with van der Waals surface area (Å²) >= 11 is 1.33. The highest BCUT2D eigenvalue weighted by Gasteiger charge is 2.04. The van der Waals surface area contributed by atoms with Gasteiger partial charge in [-0.1, -0.05) is 0 Å². The number of anilines is 1. The Balaban J connectivity index is 2.48. The molecule has 1 aromatic carbocycles. The van der Waals surface area contributed by atoms with Gasteiger partial charge in [0.25, 0.3) is 0 Å². The molecule has 21 heavy (non-hydrogen) atoms. The van der Waals surface area contributed by atoms with E-state index in [-0.39, 0.29) is 11.7 Å². The Morgan fingerprint density at radius 1 is 1.24 bits per heavy atom. The fraction of sp³-hybridized carbons (Fsp3) is 0.214. The number of hydrogen-bond acceptors (Lipinski definition) is 5. The van der Waals surface area contributed by atoms with E-state index in [0.29, 0.717) is 12.3 Å². The smallest absolute Gasteiger partial charge is 0.328 e. The zero-order chi connectivity index (χ0) is 15.7. The second kappa shape index (κ2) is 8.80. The molecule has 2 N–H and O–H groups in total. The van der Waals surface area contributed by atoms with Crippen molar-refractivity contribution in [3.8, 4) is 0 Å². The molecule has 0 radical (unpaired) electrons. The Bertz CT molecular complexity index is 539. The molecule has 1 aromatic rings. The Kier molecular flexibility index (Phi) is 7.03. The molecule has 6 nitrogen and oxygen atoms in total. The molecule has 0 aliphatic heterocycles. The fourth-order valence-corrected chi connectivity index (χ4v) is 2.01. The number of esters is 1. The first-order valence-corrected chi connectivity index (χ1v) is 7.10. The van der Waals surface area contributed by atoms with Gasteiger partial charge in [-0.3, -0.25) is 9.59 Å². The standard InChI is InChI=1S/C14H15NO5S/c1-2-20-14(19)9-21-11-5-3-10(4-6-11)15-12(16)7-8-13(17)18/h3-8H,2,9H2,1H3,(H,15,16)(H,17,18)/b8-7+. The van der Waals surface area contributed by atoms with E-state index in [1.165, 1.54) is 11.8 Å². The zero-order valence-electron chi connectivity index (χ0n) is 11.4. The number of hydrogen-bond donors (Lipinski definition) is 2. The number of nitrogens with one attached hydrogen (secondary N) is 1. The van der Waals surface area contributed by atoms with Crippen LogP contribution in [-0.4, -0.2) is 35.3 Å². The second-order valence-electron chi connectivity index (χ2n) is 3.78. The first kappa shape index (κ1) is 16.8. The van der Waals surface area contributed by atoms with Crippen LogP contribution in [0.2, 0.25) is 0 Å². The third-order valence-electron chi connectivity index (χ3n) is 2.16. The average molecular weight is 309 g/mol. The predicted molar refractivity (Wildman–Crippen MR) is 79.2 cm³/mol. The number of ether oxygens (including phenoxy) is 1. The van der Waals surface area contributed by atoms with Gasteiger partial charge in [0, 0.05) is 22.7 Å². The minimum absolute atomic E-state index is 0.223. The Morgan fingerprint density at radius 3 is 2.48 bits per heavy atom. The van der Waals surface area contributed by atoms with Gasteiger partial charge in [0.05, 0.1) is 12.4 Å². The number of carbonyl (C=O) groups is 3. The molecule has 0 spiro atoms. The number of carboxylic acid groups (broad SMARTS) is 1. The van der Waals surface area contributed by atoms with Crippen molar-refractivity contribution < 1.29 is 24.2 Å². The largest absolute Gasteiger partial charge is 0.478 e. The minimum Gasteiger partial charge on any atom is -0.478 e. The minimum atomic E-state index is -1.18. The van der Waals surface area contributed by atoms with Crippen molar-refractivity contribution in [2.24, 2.45) is 0 Å². The normalized spacial score (nSPS) is 10.3. The van der Waals surface area contributed by atoms with E-state index in [0.717, 1.165) is 17.0 Å². The van der Waals surface area contributed by atoms with E-state index < -0.39 is 11.9 Å². The van der Waals surface area contributed by atoms with Crippen LogP contribution in [0.3, 0.4) is 0 Å². The molecule has 0 aliphatic carbocycles. The van der Waals surface area contributed by atoms with Crippen LogP contribution in [0.25, 0.3) is 0 Å². The summed E-state index contributed by atoms with van der Waals surface area (Å²) < 4.78 is 4.81. The lowest BCUT2D eigenvalue weighted by Gasteiger charge is -2.04. The van der Waals surface area contributed by atoms with Crippen molar-refractivity contribution in [3.05, 3.63) is 36.4 Å². The highest BCUT2D eigenvalue weighted by Crippen LogP contribution is 2.20. The molecule has 0 bridgehead atoms. The summed E-state index contributed by atoms with van der Waals surface area (Å²) in [6.45, 7) is 2.10. The summed E-state index contributed by atoms with van der Waals surface area (Å²) in [7, 11) is 0. The van der Waals surface area contributed by atoms with Gasteiger partial charge in [-0.15, -0.1) is 11.8 Å². The van der Waals surface area contributed by atoms with Crippen molar-refractivity contribution in [1.82, 2.24) is 0 Å². The lowest BCUT2D eigenvalue weighted by molar-refractivity contribution is -0.139. The van der Waals surface area contributed by atoms with Gasteiger partial charge < -0.3 is 15.2 Å². The van der Waals surface area contributed by atoms with Gasteiger partial charge in [-0.25, -0.2) is 4.79 Å². The average Bonchev–Trinajstić information content (AvgIpc) is 2.45. The molecule has 0 saturated carbocycles. The van der Waals surface area contributed by atoms with Crippen molar-refractivity contribution in [2.75, 3.05) is 17.7 Å². The van der Waals surface area contributed by atoms with Gasteiger partial charge in [-0.05, 0) is 31.2 Å². The topological polar surface area (TPSA) is 92.7 Å². The van der Waals surface area contributed by atoms with E-state index in [1.807, 2.05) is 0 Å². The molecular weight excluding hydrogens is 294 g/mol. The lowest BCUT2D eigenvalue weighted by Crippen LogP contribution is -2.08. The van der Waals surface area contributed by atoms with E-state index in [1.54, 1.807) is 31.2 Å². The van der Waals surface area contributed by atoms with E-state index in [4.69, 9.17) is 9.84 Å². The van der Waals surface area contributed by atoms with Crippen molar-refractivity contribution in [2.45, 2.75) is 11.8 Å². The highest BCUT2D eigenvalue weighted by molar-refractivity contribution is 8.00. The molecule has 112 valence electrons. The van der Waals surface area contributed by atoms with Crippen molar-refractivity contribution >= 4 is 35.3 Å². The van der Waals surface area contributed by atoms with Crippen LogP contribution in [0.4, 0.5) is 5.69 Å². The molecule has 0 unspecified atom stereocenters. The number of benzene rings is 1. The van der Waals surface area contributed by atoms with Crippen LogP contribution < -0.4 is 5.32 Å². The van der Waals surface area contributed by atoms with Crippen LogP contribution in [0.5, 0.6) is 0 Å². The number of carbonyl (C=O) groups excluding carboxylic acids is 2. The van der Waals surface area contributed by atoms with Gasteiger partial charge in [0.1, 0.15) is 0 Å². The van der Waals surface area contributed by atoms with E-state index in [9.17, 15) is 14.4 Å². The highest BCUT2D eigenvalue weighted by atomic mass is 32.2. The van der Waals surface area contributed by atoms with Crippen LogP contribution >= 0.6 is 11.8 Å². The number of amides is 1. The van der Waals surface area contributed by atoms with E-state index in [2.05, 4.69) is 5.32 Å². The molecular formula is C14H15NO5S.